The predicted molar refractivity (Wildman–Crippen MR) is 90.5 cm³/mol. The third-order valence-corrected chi connectivity index (χ3v) is 4.59. The van der Waals surface area contributed by atoms with Gasteiger partial charge in [0, 0.05) is 6.54 Å². The highest BCUT2D eigenvalue weighted by Crippen LogP contribution is 2.32. The topological polar surface area (TPSA) is 76.1 Å². The predicted octanol–water partition coefficient (Wildman–Crippen LogP) is 2.58. The van der Waals surface area contributed by atoms with Crippen LogP contribution >= 0.6 is 0 Å². The maximum absolute atomic E-state index is 12.5. The lowest BCUT2D eigenvalue weighted by Gasteiger charge is -2.33. The zero-order valence-corrected chi connectivity index (χ0v) is 16.2. The van der Waals surface area contributed by atoms with E-state index in [1.54, 1.807) is 0 Å². The number of carbonyl (C=O) groups excluding carboxylic acids is 1. The fraction of sp³-hybridized carbons (Fsp3) is 0.875. The molecule has 1 aliphatic rings. The van der Waals surface area contributed by atoms with Crippen molar-refractivity contribution in [3.05, 3.63) is 0 Å². The van der Waals surface area contributed by atoms with E-state index in [2.05, 4.69) is 20.8 Å². The molecule has 0 saturated carbocycles. The molecule has 1 aliphatic heterocycles. The molecule has 0 spiro atoms. The van der Waals surface area contributed by atoms with Gasteiger partial charge in [-0.25, -0.2) is 9.59 Å². The number of rotatable bonds is 8. The Labute approximate surface area is 140 Å². The Hall–Kier alpha value is -0.923. The molecule has 0 aromatic rings. The van der Waals surface area contributed by atoms with Gasteiger partial charge in [-0.3, -0.25) is 0 Å². The second-order valence-corrected chi connectivity index (χ2v) is 9.99. The number of hydrogen-bond donors (Lipinski definition) is 1. The molecule has 23 heavy (non-hydrogen) atoms. The van der Waals surface area contributed by atoms with Gasteiger partial charge in [-0.2, -0.15) is 5.06 Å². The minimum Gasteiger partial charge on any atom is -0.479 e. The van der Waals surface area contributed by atoms with Crippen molar-refractivity contribution in [3.8, 4) is 0 Å². The lowest BCUT2D eigenvalue weighted by Crippen LogP contribution is -2.58. The second kappa shape index (κ2) is 8.26. The zero-order chi connectivity index (χ0) is 17.7. The van der Waals surface area contributed by atoms with Crippen LogP contribution in [-0.4, -0.2) is 49.8 Å². The van der Waals surface area contributed by atoms with E-state index >= 15 is 0 Å². The van der Waals surface area contributed by atoms with Crippen molar-refractivity contribution in [2.45, 2.75) is 71.5 Å². The molecule has 1 atom stereocenters. The molecule has 1 heterocycles. The molecule has 134 valence electrons. The number of hydroxylamine groups is 2. The van der Waals surface area contributed by atoms with Crippen LogP contribution in [0.1, 0.15) is 52.9 Å². The van der Waals surface area contributed by atoms with Crippen LogP contribution in [0.5, 0.6) is 0 Å². The number of ether oxygens (including phenoxy) is 1. The number of carboxylic acid groups (broad SMARTS) is 1. The Kier molecular flexibility index (Phi) is 7.22. The highest BCUT2D eigenvalue weighted by molar-refractivity contribution is 6.48. The fourth-order valence-electron chi connectivity index (χ4n) is 2.74. The molecule has 0 aromatic carbocycles. The summed E-state index contributed by atoms with van der Waals surface area (Å²) in [4.78, 5) is 24.2. The van der Waals surface area contributed by atoms with Crippen molar-refractivity contribution in [1.82, 2.24) is 5.06 Å². The molecule has 0 radical (unpaired) electrons. The number of esters is 1. The molecular weight excluding hydrogens is 314 g/mol. The molecule has 1 unspecified atom stereocenters. The normalized spacial score (nSPS) is 22.5. The fourth-order valence-corrected chi connectivity index (χ4v) is 3.53. The monoisotopic (exact) mass is 345 g/mol. The Morgan fingerprint density at radius 3 is 2.43 bits per heavy atom. The Bertz CT molecular complexity index is 421. The van der Waals surface area contributed by atoms with Crippen molar-refractivity contribution < 1.29 is 24.0 Å². The third kappa shape index (κ3) is 5.58. The standard InChI is InChI=1S/C16H31NO5Si/c1-15(2,3)9-6-7-12-21-14(20)16(13(18)19)10-8-11-17(16)22-23(4)5/h23H,6-12H2,1-5H3,(H,18,19). The summed E-state index contributed by atoms with van der Waals surface area (Å²) >= 11 is 0. The first-order chi connectivity index (χ1) is 10.6. The van der Waals surface area contributed by atoms with Gasteiger partial charge < -0.3 is 14.4 Å². The average molecular weight is 346 g/mol. The number of carbonyl (C=O) groups is 2. The molecule has 0 aliphatic carbocycles. The molecule has 6 nitrogen and oxygen atoms in total. The zero-order valence-electron chi connectivity index (χ0n) is 15.1. The second-order valence-electron chi connectivity index (χ2n) is 7.68. The summed E-state index contributed by atoms with van der Waals surface area (Å²) in [6.07, 6.45) is 3.61. The van der Waals surface area contributed by atoms with Gasteiger partial charge in [0.15, 0.2) is 9.04 Å². The van der Waals surface area contributed by atoms with Crippen LogP contribution in [0.3, 0.4) is 0 Å². The highest BCUT2D eigenvalue weighted by Gasteiger charge is 2.56. The smallest absolute Gasteiger partial charge is 0.340 e. The maximum atomic E-state index is 12.5. The van der Waals surface area contributed by atoms with Gasteiger partial charge in [0.25, 0.3) is 0 Å². The largest absolute Gasteiger partial charge is 0.479 e. The molecule has 1 fully saturated rings. The number of unbranched alkanes of at least 4 members (excludes halogenated alkanes) is 1. The summed E-state index contributed by atoms with van der Waals surface area (Å²) in [5.41, 5.74) is -1.41. The average Bonchev–Trinajstić information content (AvgIpc) is 2.80. The van der Waals surface area contributed by atoms with Crippen molar-refractivity contribution in [2.24, 2.45) is 5.41 Å². The van der Waals surface area contributed by atoms with Gasteiger partial charge in [0.2, 0.25) is 5.54 Å². The van der Waals surface area contributed by atoms with E-state index in [1.807, 2.05) is 13.1 Å². The molecule has 1 rings (SSSR count). The highest BCUT2D eigenvalue weighted by atomic mass is 28.3. The van der Waals surface area contributed by atoms with Crippen LogP contribution in [0.15, 0.2) is 0 Å². The quantitative estimate of drug-likeness (QED) is 0.315. The van der Waals surface area contributed by atoms with Gasteiger partial charge in [0.05, 0.1) is 6.61 Å². The van der Waals surface area contributed by atoms with Crippen LogP contribution in [0, 0.1) is 5.41 Å². The van der Waals surface area contributed by atoms with Crippen molar-refractivity contribution in [2.75, 3.05) is 13.2 Å². The van der Waals surface area contributed by atoms with Gasteiger partial charge in [-0.15, -0.1) is 0 Å². The molecule has 0 amide bonds. The summed E-state index contributed by atoms with van der Waals surface area (Å²) in [6, 6.07) is 0. The molecule has 0 aromatic heterocycles. The Balaban J connectivity index is 2.60. The lowest BCUT2D eigenvalue weighted by molar-refractivity contribution is -0.193. The van der Waals surface area contributed by atoms with E-state index in [0.717, 1.165) is 19.3 Å². The first-order valence-electron chi connectivity index (χ1n) is 8.44. The van der Waals surface area contributed by atoms with Crippen LogP contribution in [0.2, 0.25) is 13.1 Å². The first-order valence-corrected chi connectivity index (χ1v) is 11.2. The lowest BCUT2D eigenvalue weighted by atomic mass is 9.90. The number of aliphatic carboxylic acids is 1. The van der Waals surface area contributed by atoms with Gasteiger partial charge in [-0.05, 0) is 50.6 Å². The van der Waals surface area contributed by atoms with Gasteiger partial charge in [0.1, 0.15) is 0 Å². The number of carboxylic acids is 1. The molecule has 0 bridgehead atoms. The minimum atomic E-state index is -1.67. The minimum absolute atomic E-state index is 0.240. The molecule has 1 N–H and O–H groups in total. The Morgan fingerprint density at radius 2 is 1.91 bits per heavy atom. The van der Waals surface area contributed by atoms with E-state index in [0.29, 0.717) is 13.0 Å². The van der Waals surface area contributed by atoms with E-state index < -0.39 is 26.5 Å². The summed E-state index contributed by atoms with van der Waals surface area (Å²) in [5, 5.41) is 11.0. The third-order valence-electron chi connectivity index (χ3n) is 3.91. The summed E-state index contributed by atoms with van der Waals surface area (Å²) in [5.74, 6) is -1.86. The van der Waals surface area contributed by atoms with Crippen LogP contribution < -0.4 is 0 Å². The van der Waals surface area contributed by atoms with Crippen molar-refractivity contribution >= 4 is 21.0 Å². The van der Waals surface area contributed by atoms with Crippen molar-refractivity contribution in [3.63, 3.8) is 0 Å². The Morgan fingerprint density at radius 1 is 1.26 bits per heavy atom. The van der Waals surface area contributed by atoms with E-state index in [-0.39, 0.29) is 18.4 Å². The summed E-state index contributed by atoms with van der Waals surface area (Å²) < 4.78 is 11.0. The van der Waals surface area contributed by atoms with Gasteiger partial charge in [-0.1, -0.05) is 20.8 Å². The number of nitrogens with zero attached hydrogens (tertiary/aromatic N) is 1. The van der Waals surface area contributed by atoms with E-state index in [4.69, 9.17) is 9.26 Å². The van der Waals surface area contributed by atoms with Gasteiger partial charge >= 0.3 is 11.9 Å². The maximum Gasteiger partial charge on any atom is 0.340 e. The SMILES string of the molecule is C[SiH](C)ON1CCCC1(C(=O)O)C(=O)OCCCCC(C)(C)C. The molecular formula is C16H31NO5Si. The number of hydrogen-bond acceptors (Lipinski definition) is 5. The summed E-state index contributed by atoms with van der Waals surface area (Å²) in [6.45, 7) is 11.1. The van der Waals surface area contributed by atoms with Crippen LogP contribution in [0.25, 0.3) is 0 Å². The van der Waals surface area contributed by atoms with E-state index in [9.17, 15) is 14.7 Å². The van der Waals surface area contributed by atoms with Crippen LogP contribution in [-0.2, 0) is 18.9 Å². The van der Waals surface area contributed by atoms with Crippen LogP contribution in [0.4, 0.5) is 0 Å². The molecule has 7 heteroatoms. The summed E-state index contributed by atoms with van der Waals surface area (Å²) in [7, 11) is -1.49. The first kappa shape index (κ1) is 20.1. The molecule has 1 saturated heterocycles. The van der Waals surface area contributed by atoms with E-state index in [1.165, 1.54) is 5.06 Å². The van der Waals surface area contributed by atoms with Crippen molar-refractivity contribution in [1.29, 1.82) is 0 Å².